The van der Waals surface area contributed by atoms with E-state index in [1.807, 2.05) is 0 Å². The third-order valence-corrected chi connectivity index (χ3v) is 1.62. The molecule has 48 valence electrons. The van der Waals surface area contributed by atoms with Crippen molar-refractivity contribution < 1.29 is 9.84 Å². The van der Waals surface area contributed by atoms with Crippen LogP contribution in [0.25, 0.3) is 0 Å². The lowest BCUT2D eigenvalue weighted by molar-refractivity contribution is -0.114. The van der Waals surface area contributed by atoms with Crippen LogP contribution >= 0.6 is 0 Å². The molecule has 0 aliphatic carbocycles. The van der Waals surface area contributed by atoms with E-state index < -0.39 is 0 Å². The molecular weight excluding hydrogens is 104 g/mol. The van der Waals surface area contributed by atoms with Crippen LogP contribution in [0.4, 0.5) is 0 Å². The van der Waals surface area contributed by atoms with Gasteiger partial charge in [-0.15, -0.1) is 0 Å². The van der Waals surface area contributed by atoms with Crippen molar-refractivity contribution in [3.05, 3.63) is 0 Å². The standard InChI is InChI=1S/C6H12O2/c1-5-4-8-6(5)2-3-7/h5-7H,2-4H2,1H3. The molecule has 1 saturated heterocycles. The van der Waals surface area contributed by atoms with Crippen molar-refractivity contribution >= 4 is 0 Å². The van der Waals surface area contributed by atoms with Gasteiger partial charge in [-0.25, -0.2) is 0 Å². The Hall–Kier alpha value is -0.0800. The molecule has 0 amide bonds. The first-order valence-corrected chi connectivity index (χ1v) is 3.07. The van der Waals surface area contributed by atoms with Crippen molar-refractivity contribution in [1.29, 1.82) is 0 Å². The molecule has 8 heavy (non-hydrogen) atoms. The lowest BCUT2D eigenvalue weighted by Crippen LogP contribution is -2.37. The summed E-state index contributed by atoms with van der Waals surface area (Å²) in [7, 11) is 0. The van der Waals surface area contributed by atoms with Gasteiger partial charge in [0.15, 0.2) is 0 Å². The van der Waals surface area contributed by atoms with Gasteiger partial charge in [0.25, 0.3) is 0 Å². The van der Waals surface area contributed by atoms with Gasteiger partial charge in [0.2, 0.25) is 0 Å². The monoisotopic (exact) mass is 116 g/mol. The van der Waals surface area contributed by atoms with Gasteiger partial charge in [0.05, 0.1) is 12.7 Å². The molecule has 0 aromatic rings. The van der Waals surface area contributed by atoms with Crippen LogP contribution in [-0.4, -0.2) is 24.4 Å². The predicted molar refractivity (Wildman–Crippen MR) is 30.6 cm³/mol. The van der Waals surface area contributed by atoms with Gasteiger partial charge < -0.3 is 9.84 Å². The molecule has 1 aliphatic rings. The van der Waals surface area contributed by atoms with E-state index in [9.17, 15) is 0 Å². The highest BCUT2D eigenvalue weighted by Crippen LogP contribution is 2.21. The average Bonchev–Trinajstić information content (AvgIpc) is 1.79. The Bertz CT molecular complexity index is 72.9. The summed E-state index contributed by atoms with van der Waals surface area (Å²) in [5.74, 6) is 0.669. The highest BCUT2D eigenvalue weighted by atomic mass is 16.5. The topological polar surface area (TPSA) is 29.5 Å². The SMILES string of the molecule is CC1COC1CCO. The van der Waals surface area contributed by atoms with E-state index in [0.717, 1.165) is 13.0 Å². The average molecular weight is 116 g/mol. The van der Waals surface area contributed by atoms with Crippen LogP contribution in [0.3, 0.4) is 0 Å². The summed E-state index contributed by atoms with van der Waals surface area (Å²) in [4.78, 5) is 0. The summed E-state index contributed by atoms with van der Waals surface area (Å²) >= 11 is 0. The summed E-state index contributed by atoms with van der Waals surface area (Å²) in [5.41, 5.74) is 0. The van der Waals surface area contributed by atoms with Crippen molar-refractivity contribution in [2.75, 3.05) is 13.2 Å². The second kappa shape index (κ2) is 2.46. The third-order valence-electron chi connectivity index (χ3n) is 1.62. The first-order chi connectivity index (χ1) is 3.84. The zero-order valence-corrected chi connectivity index (χ0v) is 5.13. The molecule has 2 unspecified atom stereocenters. The van der Waals surface area contributed by atoms with Gasteiger partial charge in [0, 0.05) is 12.5 Å². The Balaban J connectivity index is 2.08. The molecule has 0 radical (unpaired) electrons. The lowest BCUT2D eigenvalue weighted by Gasteiger charge is -2.33. The number of hydrogen-bond acceptors (Lipinski definition) is 2. The van der Waals surface area contributed by atoms with Gasteiger partial charge in [-0.2, -0.15) is 0 Å². The van der Waals surface area contributed by atoms with Gasteiger partial charge in [0.1, 0.15) is 0 Å². The molecule has 2 atom stereocenters. The number of hydrogen-bond donors (Lipinski definition) is 1. The van der Waals surface area contributed by atoms with E-state index >= 15 is 0 Å². The van der Waals surface area contributed by atoms with Crippen LogP contribution in [-0.2, 0) is 4.74 Å². The smallest absolute Gasteiger partial charge is 0.0644 e. The fourth-order valence-electron chi connectivity index (χ4n) is 0.920. The second-order valence-electron chi connectivity index (χ2n) is 2.36. The molecule has 0 aromatic heterocycles. The fourth-order valence-corrected chi connectivity index (χ4v) is 0.920. The van der Waals surface area contributed by atoms with Gasteiger partial charge in [-0.05, 0) is 6.42 Å². The molecule has 0 bridgehead atoms. The quantitative estimate of drug-likeness (QED) is 0.566. The predicted octanol–water partition coefficient (Wildman–Crippen LogP) is 0.404. The molecule has 2 heteroatoms. The minimum absolute atomic E-state index is 0.259. The molecule has 1 rings (SSSR count). The van der Waals surface area contributed by atoms with Crippen LogP contribution < -0.4 is 0 Å². The zero-order chi connectivity index (χ0) is 5.98. The van der Waals surface area contributed by atoms with Crippen molar-refractivity contribution in [2.24, 2.45) is 5.92 Å². The summed E-state index contributed by atoms with van der Waals surface area (Å²) in [6.07, 6.45) is 1.15. The molecule has 1 heterocycles. The van der Waals surface area contributed by atoms with E-state index in [1.165, 1.54) is 0 Å². The van der Waals surface area contributed by atoms with Crippen LogP contribution in [0.2, 0.25) is 0 Å². The molecule has 0 aromatic carbocycles. The Morgan fingerprint density at radius 3 is 2.62 bits per heavy atom. The zero-order valence-electron chi connectivity index (χ0n) is 5.13. The molecule has 0 saturated carbocycles. The second-order valence-corrected chi connectivity index (χ2v) is 2.36. The Morgan fingerprint density at radius 2 is 2.50 bits per heavy atom. The van der Waals surface area contributed by atoms with E-state index in [1.54, 1.807) is 0 Å². The maximum absolute atomic E-state index is 8.44. The number of aliphatic hydroxyl groups is 1. The lowest BCUT2D eigenvalue weighted by atomic mass is 9.98. The highest BCUT2D eigenvalue weighted by Gasteiger charge is 2.26. The largest absolute Gasteiger partial charge is 0.396 e. The van der Waals surface area contributed by atoms with Crippen LogP contribution in [0.5, 0.6) is 0 Å². The van der Waals surface area contributed by atoms with Gasteiger partial charge >= 0.3 is 0 Å². The Morgan fingerprint density at radius 1 is 1.75 bits per heavy atom. The van der Waals surface area contributed by atoms with Crippen molar-refractivity contribution in [3.63, 3.8) is 0 Å². The normalized spacial score (nSPS) is 36.8. The van der Waals surface area contributed by atoms with Gasteiger partial charge in [-0.3, -0.25) is 0 Å². The molecule has 1 N–H and O–H groups in total. The molecular formula is C6H12O2. The number of aliphatic hydroxyl groups excluding tert-OH is 1. The number of ether oxygens (including phenoxy) is 1. The first-order valence-electron chi connectivity index (χ1n) is 3.07. The van der Waals surface area contributed by atoms with Crippen LogP contribution in [0.15, 0.2) is 0 Å². The molecule has 2 nitrogen and oxygen atoms in total. The first kappa shape index (κ1) is 6.05. The molecule has 0 spiro atoms. The summed E-state index contributed by atoms with van der Waals surface area (Å²) in [6.45, 7) is 3.28. The summed E-state index contributed by atoms with van der Waals surface area (Å²) in [5, 5.41) is 8.44. The minimum atomic E-state index is 0.259. The van der Waals surface area contributed by atoms with Crippen molar-refractivity contribution in [1.82, 2.24) is 0 Å². The van der Waals surface area contributed by atoms with Gasteiger partial charge in [-0.1, -0.05) is 6.92 Å². The van der Waals surface area contributed by atoms with Crippen LogP contribution in [0.1, 0.15) is 13.3 Å². The summed E-state index contributed by atoms with van der Waals surface area (Å²) < 4.78 is 5.12. The van der Waals surface area contributed by atoms with Crippen LogP contribution in [0, 0.1) is 5.92 Å². The molecule has 1 fully saturated rings. The molecule has 1 aliphatic heterocycles. The Kier molecular flexibility index (Phi) is 1.86. The number of rotatable bonds is 2. The van der Waals surface area contributed by atoms with E-state index in [0.29, 0.717) is 12.0 Å². The van der Waals surface area contributed by atoms with E-state index in [2.05, 4.69) is 6.92 Å². The maximum Gasteiger partial charge on any atom is 0.0644 e. The van der Waals surface area contributed by atoms with E-state index in [-0.39, 0.29) is 6.61 Å². The minimum Gasteiger partial charge on any atom is -0.396 e. The van der Waals surface area contributed by atoms with Crippen molar-refractivity contribution in [3.8, 4) is 0 Å². The van der Waals surface area contributed by atoms with E-state index in [4.69, 9.17) is 9.84 Å². The fraction of sp³-hybridized carbons (Fsp3) is 1.00. The van der Waals surface area contributed by atoms with Crippen molar-refractivity contribution in [2.45, 2.75) is 19.4 Å². The third kappa shape index (κ3) is 1.01. The summed E-state index contributed by atoms with van der Waals surface area (Å²) in [6, 6.07) is 0. The highest BCUT2D eigenvalue weighted by molar-refractivity contribution is 4.73. The Labute approximate surface area is 49.5 Å². The maximum atomic E-state index is 8.44.